The first-order chi connectivity index (χ1) is 15.3. The summed E-state index contributed by atoms with van der Waals surface area (Å²) in [5, 5.41) is 16.8. The molecule has 1 aromatic rings. The average molecular weight is 504 g/mol. The molecule has 5 N–H and O–H groups in total. The minimum absolute atomic E-state index is 0.0104. The van der Waals surface area contributed by atoms with Gasteiger partial charge in [-0.2, -0.15) is 8.42 Å². The number of rotatable bonds is 8. The van der Waals surface area contributed by atoms with Crippen LogP contribution in [0.3, 0.4) is 0 Å². The maximum atomic E-state index is 13.0. The molecule has 182 valence electrons. The third kappa shape index (κ3) is 5.25. The Balaban J connectivity index is 1.88. The number of carboxylic acids is 1. The Morgan fingerprint density at radius 2 is 1.97 bits per heavy atom. The van der Waals surface area contributed by atoms with E-state index in [9.17, 15) is 32.5 Å². The number of amides is 2. The quantitative estimate of drug-likeness (QED) is 0.166. The van der Waals surface area contributed by atoms with Crippen LogP contribution in [0.5, 0.6) is 0 Å². The summed E-state index contributed by atoms with van der Waals surface area (Å²) in [6, 6.07) is -2.17. The molecule has 33 heavy (non-hydrogen) atoms. The average Bonchev–Trinajstić information content (AvgIpc) is 3.15. The molecule has 15 heteroatoms. The molecule has 1 saturated heterocycles. The number of nitrogens with two attached hydrogens (primary N) is 1. The lowest BCUT2D eigenvalue weighted by Crippen LogP contribution is -2.74. The maximum Gasteiger partial charge on any atom is 0.362 e. The van der Waals surface area contributed by atoms with Gasteiger partial charge in [0.1, 0.15) is 11.7 Å². The van der Waals surface area contributed by atoms with Crippen molar-refractivity contribution in [3.63, 3.8) is 0 Å². The molecule has 1 aliphatic carbocycles. The number of oxime groups is 1. The summed E-state index contributed by atoms with van der Waals surface area (Å²) >= 11 is 1.00. The SMILES string of the molecule is CC(C)(O/N=C(\C(=O)N[C@H]1C(=O)N(S(=O)(=O)O)[C@@H]1C1CCCCC1)c1csc(N)n1)C(=O)O. The molecular weight excluding hydrogens is 478 g/mol. The number of carboxylic acid groups (broad SMARTS) is 1. The molecule has 0 aromatic carbocycles. The highest BCUT2D eigenvalue weighted by Gasteiger charge is 2.57. The smallest absolute Gasteiger partial charge is 0.362 e. The van der Waals surface area contributed by atoms with Gasteiger partial charge in [-0.05, 0) is 32.6 Å². The summed E-state index contributed by atoms with van der Waals surface area (Å²) in [6.07, 6.45) is 3.90. The zero-order chi connectivity index (χ0) is 24.6. The molecule has 2 amide bonds. The number of nitrogens with one attached hydrogen (secondary N) is 1. The predicted molar refractivity (Wildman–Crippen MR) is 117 cm³/mol. The van der Waals surface area contributed by atoms with Gasteiger partial charge in [0.25, 0.3) is 11.8 Å². The summed E-state index contributed by atoms with van der Waals surface area (Å²) in [5.41, 5.74) is 3.41. The van der Waals surface area contributed by atoms with E-state index in [4.69, 9.17) is 10.6 Å². The Labute approximate surface area is 193 Å². The van der Waals surface area contributed by atoms with Crippen molar-refractivity contribution in [1.82, 2.24) is 14.6 Å². The van der Waals surface area contributed by atoms with E-state index in [2.05, 4.69) is 15.5 Å². The van der Waals surface area contributed by atoms with Gasteiger partial charge in [0, 0.05) is 5.38 Å². The zero-order valence-corrected chi connectivity index (χ0v) is 19.6. The fourth-order valence-corrected chi connectivity index (χ4v) is 5.34. The van der Waals surface area contributed by atoms with E-state index in [0.717, 1.165) is 30.6 Å². The van der Waals surface area contributed by atoms with Crippen molar-refractivity contribution in [2.45, 2.75) is 63.6 Å². The molecule has 1 saturated carbocycles. The Morgan fingerprint density at radius 3 is 2.48 bits per heavy atom. The van der Waals surface area contributed by atoms with Gasteiger partial charge in [0.2, 0.25) is 5.60 Å². The Bertz CT molecular complexity index is 1080. The number of β-lactam (4-membered cyclic amide) rings is 1. The van der Waals surface area contributed by atoms with E-state index in [1.165, 1.54) is 19.2 Å². The minimum atomic E-state index is -4.81. The van der Waals surface area contributed by atoms with E-state index in [0.29, 0.717) is 17.1 Å². The number of thiazole rings is 1. The summed E-state index contributed by atoms with van der Waals surface area (Å²) in [6.45, 7) is 2.45. The van der Waals surface area contributed by atoms with Crippen LogP contribution in [0.15, 0.2) is 10.5 Å². The number of carbonyl (C=O) groups excluding carboxylic acids is 2. The highest BCUT2D eigenvalue weighted by atomic mass is 32.2. The van der Waals surface area contributed by atoms with Gasteiger partial charge in [-0.15, -0.1) is 11.3 Å². The summed E-state index contributed by atoms with van der Waals surface area (Å²) in [5.74, 6) is -3.48. The van der Waals surface area contributed by atoms with Crippen molar-refractivity contribution in [2.75, 3.05) is 5.73 Å². The number of hydrogen-bond acceptors (Lipinski definition) is 10. The number of nitrogens with zero attached hydrogens (tertiary/aromatic N) is 3. The molecule has 0 radical (unpaired) electrons. The van der Waals surface area contributed by atoms with Crippen LogP contribution >= 0.6 is 11.3 Å². The first-order valence-electron chi connectivity index (χ1n) is 10.2. The minimum Gasteiger partial charge on any atom is -0.478 e. The van der Waals surface area contributed by atoms with Gasteiger partial charge in [0.15, 0.2) is 10.8 Å². The molecule has 2 aliphatic rings. The van der Waals surface area contributed by atoms with Crippen LogP contribution in [0.2, 0.25) is 0 Å². The largest absolute Gasteiger partial charge is 0.478 e. The van der Waals surface area contributed by atoms with Crippen molar-refractivity contribution in [3.05, 3.63) is 11.1 Å². The van der Waals surface area contributed by atoms with Crippen LogP contribution in [0.1, 0.15) is 51.6 Å². The van der Waals surface area contributed by atoms with Crippen LogP contribution in [0.4, 0.5) is 5.13 Å². The van der Waals surface area contributed by atoms with E-state index in [-0.39, 0.29) is 16.7 Å². The van der Waals surface area contributed by atoms with Crippen molar-refractivity contribution in [1.29, 1.82) is 0 Å². The van der Waals surface area contributed by atoms with Crippen molar-refractivity contribution >= 4 is 50.3 Å². The molecule has 3 rings (SSSR count). The fraction of sp³-hybridized carbons (Fsp3) is 0.611. The van der Waals surface area contributed by atoms with Crippen molar-refractivity contribution in [2.24, 2.45) is 11.1 Å². The number of aromatic nitrogens is 1. The van der Waals surface area contributed by atoms with Gasteiger partial charge >= 0.3 is 16.3 Å². The second-order valence-corrected chi connectivity index (χ2v) is 10.5. The van der Waals surface area contributed by atoms with Crippen molar-refractivity contribution < 1.29 is 37.3 Å². The highest BCUT2D eigenvalue weighted by Crippen LogP contribution is 2.37. The number of carbonyl (C=O) groups is 3. The molecule has 2 heterocycles. The number of aliphatic carboxylic acids is 1. The highest BCUT2D eigenvalue weighted by molar-refractivity contribution is 7.84. The Hall–Kier alpha value is -2.78. The van der Waals surface area contributed by atoms with Gasteiger partial charge in [0.05, 0.1) is 6.04 Å². The van der Waals surface area contributed by atoms with Crippen LogP contribution in [0.25, 0.3) is 0 Å². The number of anilines is 1. The summed E-state index contributed by atoms with van der Waals surface area (Å²) in [4.78, 5) is 45.9. The normalized spacial score (nSPS) is 22.6. The first kappa shape index (κ1) is 24.9. The van der Waals surface area contributed by atoms with E-state index in [1.807, 2.05) is 0 Å². The molecule has 0 unspecified atom stereocenters. The first-order valence-corrected chi connectivity index (χ1v) is 12.4. The molecule has 2 fully saturated rings. The van der Waals surface area contributed by atoms with Gasteiger partial charge < -0.3 is 21.0 Å². The third-order valence-corrected chi connectivity index (χ3v) is 7.22. The van der Waals surface area contributed by atoms with Crippen LogP contribution in [-0.4, -0.2) is 68.5 Å². The lowest BCUT2D eigenvalue weighted by molar-refractivity contribution is -0.161. The summed E-state index contributed by atoms with van der Waals surface area (Å²) in [7, 11) is -4.81. The van der Waals surface area contributed by atoms with Crippen LogP contribution < -0.4 is 11.1 Å². The fourth-order valence-electron chi connectivity index (χ4n) is 3.85. The van der Waals surface area contributed by atoms with E-state index in [1.54, 1.807) is 0 Å². The molecular formula is C18H25N5O8S2. The van der Waals surface area contributed by atoms with E-state index >= 15 is 0 Å². The molecule has 1 aliphatic heterocycles. The van der Waals surface area contributed by atoms with Gasteiger partial charge in [-0.3, -0.25) is 14.1 Å². The second kappa shape index (κ2) is 9.23. The topological polar surface area (TPSA) is 202 Å². The molecule has 0 bridgehead atoms. The van der Waals surface area contributed by atoms with E-state index < -0.39 is 51.5 Å². The zero-order valence-electron chi connectivity index (χ0n) is 17.9. The predicted octanol–water partition coefficient (Wildman–Crippen LogP) is 0.388. The number of nitrogen functional groups attached to an aromatic ring is 1. The maximum absolute atomic E-state index is 13.0. The Kier molecular flexibility index (Phi) is 6.95. The van der Waals surface area contributed by atoms with Gasteiger partial charge in [-0.25, -0.2) is 14.1 Å². The second-order valence-electron chi connectivity index (χ2n) is 8.37. The van der Waals surface area contributed by atoms with Gasteiger partial charge in [-0.1, -0.05) is 24.4 Å². The molecule has 2 atom stereocenters. The molecule has 13 nitrogen and oxygen atoms in total. The third-order valence-electron chi connectivity index (χ3n) is 5.62. The van der Waals surface area contributed by atoms with Crippen LogP contribution in [-0.2, 0) is 29.5 Å². The van der Waals surface area contributed by atoms with Crippen LogP contribution in [0, 0.1) is 5.92 Å². The Morgan fingerprint density at radius 1 is 1.33 bits per heavy atom. The van der Waals surface area contributed by atoms with Crippen molar-refractivity contribution in [3.8, 4) is 0 Å². The molecule has 1 aromatic heterocycles. The lowest BCUT2D eigenvalue weighted by atomic mass is 9.77. The lowest BCUT2D eigenvalue weighted by Gasteiger charge is -2.48. The number of hydrogen-bond donors (Lipinski definition) is 4. The standard InChI is InChI=1S/C18H25N5O8S2/c1-18(2,16(26)27)31-22-11(10-8-32-17(19)20-10)14(24)21-12-13(9-6-4-3-5-7-9)23(15(12)25)33(28,29)30/h8-9,12-13H,3-7H2,1-2H3,(H2,19,20)(H,21,24)(H,26,27)(H,28,29,30)/b22-11-/t12-,13-/m1/s1. The molecule has 0 spiro atoms. The summed E-state index contributed by atoms with van der Waals surface area (Å²) < 4.78 is 33.5. The monoisotopic (exact) mass is 503 g/mol.